The summed E-state index contributed by atoms with van der Waals surface area (Å²) in [6.45, 7) is 0.245. The van der Waals surface area contributed by atoms with Gasteiger partial charge < -0.3 is 5.11 Å². The largest absolute Gasteiger partial charge is 0.395 e. The highest BCUT2D eigenvalue weighted by atomic mass is 16.3. The second kappa shape index (κ2) is 1.83. The molecule has 1 aliphatic rings. The first-order chi connectivity index (χ1) is 4.87. The van der Waals surface area contributed by atoms with Gasteiger partial charge in [-0.3, -0.25) is 5.10 Å². The molecular formula is C7H10N2O. The third kappa shape index (κ3) is 0.671. The third-order valence-electron chi connectivity index (χ3n) is 2.23. The number of nitrogens with one attached hydrogen (secondary N) is 1. The van der Waals surface area contributed by atoms with Gasteiger partial charge in [0.15, 0.2) is 0 Å². The van der Waals surface area contributed by atoms with Crippen molar-refractivity contribution in [2.45, 2.75) is 18.3 Å². The predicted molar refractivity (Wildman–Crippen MR) is 36.6 cm³/mol. The van der Waals surface area contributed by atoms with Gasteiger partial charge in [-0.1, -0.05) is 0 Å². The minimum atomic E-state index is 0.0521. The summed E-state index contributed by atoms with van der Waals surface area (Å²) in [5.41, 5.74) is 1.13. The number of hydrogen-bond acceptors (Lipinski definition) is 2. The first-order valence-electron chi connectivity index (χ1n) is 3.48. The molecule has 1 aromatic heterocycles. The topological polar surface area (TPSA) is 48.9 Å². The number of hydrogen-bond donors (Lipinski definition) is 2. The van der Waals surface area contributed by atoms with Crippen LogP contribution in [0.4, 0.5) is 0 Å². The van der Waals surface area contributed by atoms with E-state index in [-0.39, 0.29) is 12.0 Å². The van der Waals surface area contributed by atoms with E-state index < -0.39 is 0 Å². The Morgan fingerprint density at radius 2 is 2.50 bits per heavy atom. The molecule has 10 heavy (non-hydrogen) atoms. The molecule has 2 rings (SSSR count). The second-order valence-electron chi connectivity index (χ2n) is 2.91. The average Bonchev–Trinajstić information content (AvgIpc) is 2.58. The van der Waals surface area contributed by atoms with Gasteiger partial charge in [0.1, 0.15) is 0 Å². The van der Waals surface area contributed by atoms with E-state index in [2.05, 4.69) is 10.2 Å². The summed E-state index contributed by atoms with van der Waals surface area (Å²) in [4.78, 5) is 0. The van der Waals surface area contributed by atoms with Crippen LogP contribution in [0, 0.1) is 0 Å². The van der Waals surface area contributed by atoms with Gasteiger partial charge in [0.05, 0.1) is 6.61 Å². The maximum absolute atomic E-state index is 8.98. The lowest BCUT2D eigenvalue weighted by atomic mass is 10.1. The van der Waals surface area contributed by atoms with Crippen LogP contribution in [-0.2, 0) is 5.41 Å². The van der Waals surface area contributed by atoms with Crippen molar-refractivity contribution < 1.29 is 5.11 Å². The van der Waals surface area contributed by atoms with Gasteiger partial charge in [0.25, 0.3) is 0 Å². The number of aromatic amines is 1. The van der Waals surface area contributed by atoms with Crippen LogP contribution in [0.25, 0.3) is 0 Å². The van der Waals surface area contributed by atoms with E-state index in [9.17, 15) is 0 Å². The molecule has 0 amide bonds. The SMILES string of the molecule is OCC1(c2ccn[nH]2)CC1. The molecule has 1 aliphatic carbocycles. The lowest BCUT2D eigenvalue weighted by Gasteiger charge is -2.06. The van der Waals surface area contributed by atoms with Crippen molar-refractivity contribution in [1.29, 1.82) is 0 Å². The summed E-state index contributed by atoms with van der Waals surface area (Å²) >= 11 is 0. The molecule has 0 unspecified atom stereocenters. The van der Waals surface area contributed by atoms with Crippen molar-refractivity contribution in [3.63, 3.8) is 0 Å². The molecule has 1 fully saturated rings. The Hall–Kier alpha value is -0.830. The molecule has 0 aromatic carbocycles. The van der Waals surface area contributed by atoms with E-state index in [1.54, 1.807) is 6.20 Å². The van der Waals surface area contributed by atoms with Gasteiger partial charge in [-0.05, 0) is 18.9 Å². The lowest BCUT2D eigenvalue weighted by Crippen LogP contribution is -2.11. The van der Waals surface area contributed by atoms with Crippen LogP contribution in [-0.4, -0.2) is 21.9 Å². The zero-order valence-corrected chi connectivity index (χ0v) is 5.67. The number of aliphatic hydroxyl groups is 1. The van der Waals surface area contributed by atoms with Gasteiger partial charge in [-0.25, -0.2) is 0 Å². The van der Waals surface area contributed by atoms with E-state index in [4.69, 9.17) is 5.11 Å². The van der Waals surface area contributed by atoms with Crippen LogP contribution < -0.4 is 0 Å². The quantitative estimate of drug-likeness (QED) is 0.622. The molecule has 3 heteroatoms. The Bertz CT molecular complexity index is 214. The molecule has 54 valence electrons. The van der Waals surface area contributed by atoms with E-state index >= 15 is 0 Å². The van der Waals surface area contributed by atoms with Crippen molar-refractivity contribution in [2.75, 3.05) is 6.61 Å². The molecule has 0 atom stereocenters. The second-order valence-corrected chi connectivity index (χ2v) is 2.91. The van der Waals surface area contributed by atoms with Gasteiger partial charge in [-0.2, -0.15) is 5.10 Å². The van der Waals surface area contributed by atoms with Gasteiger partial charge >= 0.3 is 0 Å². The number of nitrogens with zero attached hydrogens (tertiary/aromatic N) is 1. The molecule has 3 nitrogen and oxygen atoms in total. The molecule has 0 bridgehead atoms. The minimum Gasteiger partial charge on any atom is -0.395 e. The van der Waals surface area contributed by atoms with Gasteiger partial charge in [0.2, 0.25) is 0 Å². The highest BCUT2D eigenvalue weighted by Gasteiger charge is 2.44. The van der Waals surface area contributed by atoms with Crippen LogP contribution in [0.5, 0.6) is 0 Å². The Balaban J connectivity index is 2.27. The molecule has 0 saturated heterocycles. The van der Waals surface area contributed by atoms with E-state index in [1.807, 2.05) is 6.07 Å². The first-order valence-corrected chi connectivity index (χ1v) is 3.48. The van der Waals surface area contributed by atoms with E-state index in [0.717, 1.165) is 18.5 Å². The molecule has 0 radical (unpaired) electrons. The maximum atomic E-state index is 8.98. The third-order valence-corrected chi connectivity index (χ3v) is 2.23. The molecule has 2 N–H and O–H groups in total. The fourth-order valence-electron chi connectivity index (χ4n) is 1.21. The van der Waals surface area contributed by atoms with E-state index in [0.29, 0.717) is 0 Å². The highest BCUT2D eigenvalue weighted by Crippen LogP contribution is 2.46. The predicted octanol–water partition coefficient (Wildman–Crippen LogP) is 0.434. The van der Waals surface area contributed by atoms with E-state index in [1.165, 1.54) is 0 Å². The van der Waals surface area contributed by atoms with Crippen molar-refractivity contribution in [3.8, 4) is 0 Å². The lowest BCUT2D eigenvalue weighted by molar-refractivity contribution is 0.252. The highest BCUT2D eigenvalue weighted by molar-refractivity contribution is 5.22. The molecule has 1 saturated carbocycles. The summed E-state index contributed by atoms with van der Waals surface area (Å²) in [5.74, 6) is 0. The van der Waals surface area contributed by atoms with Gasteiger partial charge in [-0.15, -0.1) is 0 Å². The Labute approximate surface area is 59.1 Å². The Morgan fingerprint density at radius 1 is 1.70 bits per heavy atom. The fourth-order valence-corrected chi connectivity index (χ4v) is 1.21. The summed E-state index contributed by atoms with van der Waals surface area (Å²) in [7, 11) is 0. The normalized spacial score (nSPS) is 20.9. The van der Waals surface area contributed by atoms with Crippen LogP contribution in [0.2, 0.25) is 0 Å². The monoisotopic (exact) mass is 138 g/mol. The molecule has 0 spiro atoms. The number of H-pyrrole nitrogens is 1. The van der Waals surface area contributed by atoms with Crippen LogP contribution in [0.15, 0.2) is 12.3 Å². The summed E-state index contributed by atoms with van der Waals surface area (Å²) < 4.78 is 0. The minimum absolute atomic E-state index is 0.0521. The average molecular weight is 138 g/mol. The maximum Gasteiger partial charge on any atom is 0.0542 e. The summed E-state index contributed by atoms with van der Waals surface area (Å²) in [6, 6.07) is 1.93. The zero-order valence-electron chi connectivity index (χ0n) is 5.67. The molecular weight excluding hydrogens is 128 g/mol. The van der Waals surface area contributed by atoms with Gasteiger partial charge in [0, 0.05) is 17.3 Å². The standard InChI is InChI=1S/C7H10N2O/c10-5-7(2-3-7)6-1-4-8-9-6/h1,4,10H,2-3,5H2,(H,8,9). The zero-order chi connectivity index (χ0) is 7.03. The summed E-state index contributed by atoms with van der Waals surface area (Å²) in [6.07, 6.45) is 3.91. The smallest absolute Gasteiger partial charge is 0.0542 e. The van der Waals surface area contributed by atoms with Crippen LogP contribution in [0.3, 0.4) is 0 Å². The first kappa shape index (κ1) is 5.92. The van der Waals surface area contributed by atoms with Crippen molar-refractivity contribution in [3.05, 3.63) is 18.0 Å². The molecule has 0 aliphatic heterocycles. The fraction of sp³-hybridized carbons (Fsp3) is 0.571. The Kier molecular flexibility index (Phi) is 1.08. The number of rotatable bonds is 2. The molecule has 1 heterocycles. The molecule has 1 aromatic rings. The van der Waals surface area contributed by atoms with Crippen LogP contribution in [0.1, 0.15) is 18.5 Å². The van der Waals surface area contributed by atoms with Crippen molar-refractivity contribution in [2.24, 2.45) is 0 Å². The summed E-state index contributed by atoms with van der Waals surface area (Å²) in [5, 5.41) is 15.7. The van der Waals surface area contributed by atoms with Crippen molar-refractivity contribution >= 4 is 0 Å². The Morgan fingerprint density at radius 3 is 2.90 bits per heavy atom. The van der Waals surface area contributed by atoms with Crippen LogP contribution >= 0.6 is 0 Å². The number of aromatic nitrogens is 2. The number of aliphatic hydroxyl groups excluding tert-OH is 1. The van der Waals surface area contributed by atoms with Crippen molar-refractivity contribution in [1.82, 2.24) is 10.2 Å².